The van der Waals surface area contributed by atoms with E-state index in [4.69, 9.17) is 0 Å². The number of nitrogens with zero attached hydrogens (tertiary/aromatic N) is 3. The van der Waals surface area contributed by atoms with Crippen LogP contribution in [-0.2, 0) is 13.0 Å². The minimum absolute atomic E-state index is 0.00136. The molecule has 1 unspecified atom stereocenters. The van der Waals surface area contributed by atoms with E-state index in [0.29, 0.717) is 12.2 Å². The van der Waals surface area contributed by atoms with Crippen LogP contribution in [0.25, 0.3) is 11.0 Å². The summed E-state index contributed by atoms with van der Waals surface area (Å²) in [5.41, 5.74) is 3.44. The molecule has 0 saturated carbocycles. The molecule has 0 aliphatic carbocycles. The lowest BCUT2D eigenvalue weighted by Crippen LogP contribution is -2.40. The molecule has 5 heteroatoms. The van der Waals surface area contributed by atoms with Crippen molar-refractivity contribution in [2.24, 2.45) is 0 Å². The molecule has 1 atom stereocenters. The van der Waals surface area contributed by atoms with Crippen LogP contribution in [-0.4, -0.2) is 21.5 Å². The molecule has 0 radical (unpaired) electrons. The van der Waals surface area contributed by atoms with E-state index in [1.165, 1.54) is 0 Å². The maximum atomic E-state index is 13.6. The zero-order chi connectivity index (χ0) is 20.7. The largest absolute Gasteiger partial charge is 0.305 e. The van der Waals surface area contributed by atoms with E-state index in [2.05, 4.69) is 4.98 Å². The average Bonchev–Trinajstić information content (AvgIpc) is 3.11. The first-order valence-electron chi connectivity index (χ1n) is 10.1. The standard InChI is InChI=1S/C25H21N3O2/c1-17-14-19-10-5-6-12-22(19)28(17)25(30)21-15-20-11-7-13-26-23(20)27(24(21)29)16-18-8-3-2-4-9-18/h2-13,15,17H,14,16H2,1H3. The van der Waals surface area contributed by atoms with Crippen LogP contribution < -0.4 is 10.5 Å². The first-order chi connectivity index (χ1) is 14.6. The molecule has 0 fully saturated rings. The van der Waals surface area contributed by atoms with Crippen LogP contribution in [0.3, 0.4) is 0 Å². The molecule has 4 aromatic rings. The summed E-state index contributed by atoms with van der Waals surface area (Å²) < 4.78 is 1.60. The van der Waals surface area contributed by atoms with Gasteiger partial charge in [-0.3, -0.25) is 14.2 Å². The molecule has 2 aromatic heterocycles. The van der Waals surface area contributed by atoms with Crippen LogP contribution >= 0.6 is 0 Å². The quantitative estimate of drug-likeness (QED) is 0.526. The van der Waals surface area contributed by atoms with Gasteiger partial charge in [-0.1, -0.05) is 48.5 Å². The van der Waals surface area contributed by atoms with Gasteiger partial charge in [0.1, 0.15) is 11.2 Å². The fourth-order valence-corrected chi connectivity index (χ4v) is 4.28. The Morgan fingerprint density at radius 2 is 1.80 bits per heavy atom. The van der Waals surface area contributed by atoms with Gasteiger partial charge in [-0.2, -0.15) is 0 Å². The Morgan fingerprint density at radius 1 is 1.03 bits per heavy atom. The molecular formula is C25H21N3O2. The van der Waals surface area contributed by atoms with Crippen molar-refractivity contribution in [2.75, 3.05) is 4.90 Å². The third-order valence-electron chi connectivity index (χ3n) is 5.69. The summed E-state index contributed by atoms with van der Waals surface area (Å²) in [7, 11) is 0. The van der Waals surface area contributed by atoms with Gasteiger partial charge in [0.05, 0.1) is 6.54 Å². The maximum Gasteiger partial charge on any atom is 0.265 e. The lowest BCUT2D eigenvalue weighted by molar-refractivity contribution is 0.0979. The Kier molecular flexibility index (Phi) is 4.43. The van der Waals surface area contributed by atoms with Gasteiger partial charge in [-0.25, -0.2) is 4.98 Å². The molecule has 5 rings (SSSR count). The Hall–Kier alpha value is -3.73. The number of hydrogen-bond donors (Lipinski definition) is 0. The predicted molar refractivity (Wildman–Crippen MR) is 118 cm³/mol. The van der Waals surface area contributed by atoms with Gasteiger partial charge in [0, 0.05) is 23.3 Å². The van der Waals surface area contributed by atoms with E-state index in [1.54, 1.807) is 21.7 Å². The van der Waals surface area contributed by atoms with Crippen LogP contribution in [0, 0.1) is 0 Å². The molecule has 1 aliphatic heterocycles. The SMILES string of the molecule is CC1Cc2ccccc2N1C(=O)c1cc2cccnc2n(Cc2ccccc2)c1=O. The lowest BCUT2D eigenvalue weighted by Gasteiger charge is -2.23. The number of rotatable bonds is 3. The Balaban J connectivity index is 1.66. The monoisotopic (exact) mass is 395 g/mol. The highest BCUT2D eigenvalue weighted by Crippen LogP contribution is 2.33. The minimum Gasteiger partial charge on any atom is -0.305 e. The van der Waals surface area contributed by atoms with Crippen LogP contribution in [0.5, 0.6) is 0 Å². The minimum atomic E-state index is -0.313. The van der Waals surface area contributed by atoms with Crippen molar-refractivity contribution in [3.05, 3.63) is 106 Å². The summed E-state index contributed by atoms with van der Waals surface area (Å²) >= 11 is 0. The third kappa shape index (κ3) is 2.99. The molecule has 0 N–H and O–H groups in total. The van der Waals surface area contributed by atoms with E-state index >= 15 is 0 Å². The van der Waals surface area contributed by atoms with E-state index < -0.39 is 0 Å². The number of fused-ring (bicyclic) bond motifs is 2. The Bertz CT molecular complexity index is 1310. The number of anilines is 1. The van der Waals surface area contributed by atoms with E-state index in [1.807, 2.05) is 73.7 Å². The summed E-state index contributed by atoms with van der Waals surface area (Å²) in [5.74, 6) is -0.259. The summed E-state index contributed by atoms with van der Waals surface area (Å²) in [6.07, 6.45) is 2.46. The number of amides is 1. The number of pyridine rings is 2. The first kappa shape index (κ1) is 18.3. The summed E-state index contributed by atoms with van der Waals surface area (Å²) in [6, 6.07) is 23.0. The molecule has 30 heavy (non-hydrogen) atoms. The molecule has 148 valence electrons. The van der Waals surface area contributed by atoms with Gasteiger partial charge in [-0.05, 0) is 48.7 Å². The lowest BCUT2D eigenvalue weighted by atomic mass is 10.1. The van der Waals surface area contributed by atoms with Crippen LogP contribution in [0.2, 0.25) is 0 Å². The van der Waals surface area contributed by atoms with Gasteiger partial charge in [0.25, 0.3) is 11.5 Å². The average molecular weight is 395 g/mol. The fraction of sp³-hybridized carbons (Fsp3) is 0.160. The second-order valence-electron chi connectivity index (χ2n) is 7.71. The molecule has 3 heterocycles. The van der Waals surface area contributed by atoms with Crippen molar-refractivity contribution in [3.63, 3.8) is 0 Å². The highest BCUT2D eigenvalue weighted by molar-refractivity contribution is 6.08. The zero-order valence-corrected chi connectivity index (χ0v) is 16.7. The fourth-order valence-electron chi connectivity index (χ4n) is 4.28. The number of hydrogen-bond acceptors (Lipinski definition) is 3. The molecule has 0 saturated heterocycles. The van der Waals surface area contributed by atoms with Gasteiger partial charge in [-0.15, -0.1) is 0 Å². The van der Waals surface area contributed by atoms with Crippen LogP contribution in [0.1, 0.15) is 28.4 Å². The van der Waals surface area contributed by atoms with Crippen LogP contribution in [0.4, 0.5) is 5.69 Å². The van der Waals surface area contributed by atoms with Crippen molar-refractivity contribution in [1.82, 2.24) is 9.55 Å². The highest BCUT2D eigenvalue weighted by Gasteiger charge is 2.33. The van der Waals surface area contributed by atoms with Crippen molar-refractivity contribution < 1.29 is 4.79 Å². The summed E-state index contributed by atoms with van der Waals surface area (Å²) in [6.45, 7) is 2.38. The van der Waals surface area contributed by atoms with E-state index in [0.717, 1.165) is 28.6 Å². The highest BCUT2D eigenvalue weighted by atomic mass is 16.2. The Labute approximate surface area is 174 Å². The molecule has 0 bridgehead atoms. The molecular weight excluding hydrogens is 374 g/mol. The molecule has 5 nitrogen and oxygen atoms in total. The first-order valence-corrected chi connectivity index (χ1v) is 10.1. The third-order valence-corrected chi connectivity index (χ3v) is 5.69. The summed E-state index contributed by atoms with van der Waals surface area (Å²) in [4.78, 5) is 33.2. The second-order valence-corrected chi connectivity index (χ2v) is 7.71. The Morgan fingerprint density at radius 3 is 2.63 bits per heavy atom. The topological polar surface area (TPSA) is 55.2 Å². The maximum absolute atomic E-state index is 13.6. The number of carbonyl (C=O) groups excluding carboxylic acids is 1. The molecule has 2 aromatic carbocycles. The zero-order valence-electron chi connectivity index (χ0n) is 16.7. The molecule has 0 spiro atoms. The van der Waals surface area contributed by atoms with Crippen molar-refractivity contribution in [2.45, 2.75) is 25.9 Å². The van der Waals surface area contributed by atoms with Gasteiger partial charge in [0.2, 0.25) is 0 Å². The van der Waals surface area contributed by atoms with Crippen molar-refractivity contribution in [1.29, 1.82) is 0 Å². The smallest absolute Gasteiger partial charge is 0.265 e. The van der Waals surface area contributed by atoms with Crippen molar-refractivity contribution in [3.8, 4) is 0 Å². The van der Waals surface area contributed by atoms with Crippen LogP contribution in [0.15, 0.2) is 83.8 Å². The van der Waals surface area contributed by atoms with Gasteiger partial charge >= 0.3 is 0 Å². The molecule has 1 amide bonds. The van der Waals surface area contributed by atoms with Gasteiger partial charge < -0.3 is 4.90 Å². The number of para-hydroxylation sites is 1. The summed E-state index contributed by atoms with van der Waals surface area (Å²) in [5, 5.41) is 0.775. The number of carbonyl (C=O) groups is 1. The second kappa shape index (κ2) is 7.26. The van der Waals surface area contributed by atoms with E-state index in [9.17, 15) is 9.59 Å². The number of benzene rings is 2. The van der Waals surface area contributed by atoms with Crippen molar-refractivity contribution >= 4 is 22.6 Å². The number of aromatic nitrogens is 2. The predicted octanol–water partition coefficient (Wildman–Crippen LogP) is 4.04. The van der Waals surface area contributed by atoms with E-state index in [-0.39, 0.29) is 23.1 Å². The molecule has 1 aliphatic rings. The normalized spacial score (nSPS) is 15.4. The van der Waals surface area contributed by atoms with Gasteiger partial charge in [0.15, 0.2) is 0 Å².